The summed E-state index contributed by atoms with van der Waals surface area (Å²) in [5.41, 5.74) is 5.75. The molecule has 0 radical (unpaired) electrons. The van der Waals surface area contributed by atoms with Crippen molar-refractivity contribution in [3.63, 3.8) is 0 Å². The number of rotatable bonds is 3. The summed E-state index contributed by atoms with van der Waals surface area (Å²) < 4.78 is 39.2. The lowest BCUT2D eigenvalue weighted by Gasteiger charge is -2.33. The zero-order valence-electron chi connectivity index (χ0n) is 11.0. The summed E-state index contributed by atoms with van der Waals surface area (Å²) in [7, 11) is 0. The fourth-order valence-corrected chi connectivity index (χ4v) is 2.45. The first-order valence-corrected chi connectivity index (χ1v) is 6.28. The molecule has 1 aliphatic rings. The minimum atomic E-state index is -4.44. The SMILES string of the molecule is CC(N)CC(C)N1CCn2c(nnc2C(F)(F)F)C1. The number of hydrogen-bond donors (Lipinski definition) is 1. The first-order valence-electron chi connectivity index (χ1n) is 6.28. The second-order valence-electron chi connectivity index (χ2n) is 5.12. The van der Waals surface area contributed by atoms with Crippen molar-refractivity contribution in [2.75, 3.05) is 6.54 Å². The van der Waals surface area contributed by atoms with Crippen LogP contribution >= 0.6 is 0 Å². The van der Waals surface area contributed by atoms with E-state index in [1.165, 1.54) is 0 Å². The number of hydrogen-bond acceptors (Lipinski definition) is 4. The summed E-state index contributed by atoms with van der Waals surface area (Å²) in [5, 5.41) is 6.92. The minimum absolute atomic E-state index is 0.0699. The Balaban J connectivity index is 2.11. The molecule has 108 valence electrons. The van der Waals surface area contributed by atoms with E-state index in [0.29, 0.717) is 18.9 Å². The van der Waals surface area contributed by atoms with Crippen molar-refractivity contribution < 1.29 is 13.2 Å². The molecule has 2 unspecified atom stereocenters. The first-order chi connectivity index (χ1) is 8.79. The Hall–Kier alpha value is -1.15. The van der Waals surface area contributed by atoms with Crippen LogP contribution in [-0.2, 0) is 19.3 Å². The summed E-state index contributed by atoms with van der Waals surface area (Å²) in [6, 6.07) is 0.292. The Kier molecular flexibility index (Phi) is 3.82. The molecule has 2 N–H and O–H groups in total. The molecule has 0 saturated heterocycles. The van der Waals surface area contributed by atoms with E-state index < -0.39 is 12.0 Å². The van der Waals surface area contributed by atoms with E-state index in [9.17, 15) is 13.2 Å². The Morgan fingerprint density at radius 2 is 1.95 bits per heavy atom. The van der Waals surface area contributed by atoms with Gasteiger partial charge >= 0.3 is 6.18 Å². The van der Waals surface area contributed by atoms with E-state index in [1.807, 2.05) is 13.8 Å². The highest BCUT2D eigenvalue weighted by atomic mass is 19.4. The average molecular weight is 277 g/mol. The first kappa shape index (κ1) is 14.3. The van der Waals surface area contributed by atoms with Crippen LogP contribution < -0.4 is 5.73 Å². The standard InChI is InChI=1S/C11H18F3N5/c1-7(15)5-8(2)18-3-4-19-9(6-18)16-17-10(19)11(12,13)14/h7-8H,3-6,15H2,1-2H3. The summed E-state index contributed by atoms with van der Waals surface area (Å²) in [6.45, 7) is 5.16. The topological polar surface area (TPSA) is 60.0 Å². The number of halogens is 3. The third-order valence-electron chi connectivity index (χ3n) is 3.37. The number of fused-ring (bicyclic) bond motifs is 1. The van der Waals surface area contributed by atoms with Crippen LogP contribution in [0.25, 0.3) is 0 Å². The van der Waals surface area contributed by atoms with Crippen molar-refractivity contribution >= 4 is 0 Å². The van der Waals surface area contributed by atoms with E-state index in [-0.39, 0.29) is 18.6 Å². The molecule has 0 spiro atoms. The molecule has 0 fully saturated rings. The molecule has 0 aromatic carbocycles. The maximum Gasteiger partial charge on any atom is 0.451 e. The molecule has 0 aliphatic carbocycles. The maximum absolute atomic E-state index is 12.7. The van der Waals surface area contributed by atoms with E-state index in [2.05, 4.69) is 15.1 Å². The Morgan fingerprint density at radius 3 is 2.53 bits per heavy atom. The lowest BCUT2D eigenvalue weighted by molar-refractivity contribution is -0.148. The van der Waals surface area contributed by atoms with Gasteiger partial charge in [-0.3, -0.25) is 4.90 Å². The molecule has 8 heteroatoms. The molecule has 19 heavy (non-hydrogen) atoms. The van der Waals surface area contributed by atoms with Crippen molar-refractivity contribution in [2.45, 2.75) is 51.6 Å². The second-order valence-corrected chi connectivity index (χ2v) is 5.12. The minimum Gasteiger partial charge on any atom is -0.328 e. The Morgan fingerprint density at radius 1 is 1.26 bits per heavy atom. The number of nitrogens with two attached hydrogens (primary N) is 1. The Labute approximate surface area is 109 Å². The average Bonchev–Trinajstić information content (AvgIpc) is 2.69. The van der Waals surface area contributed by atoms with Gasteiger partial charge in [-0.25, -0.2) is 0 Å². The smallest absolute Gasteiger partial charge is 0.328 e. The number of nitrogens with zero attached hydrogens (tertiary/aromatic N) is 4. The van der Waals surface area contributed by atoms with Gasteiger partial charge in [0.1, 0.15) is 5.82 Å². The van der Waals surface area contributed by atoms with Gasteiger partial charge in [0, 0.05) is 25.2 Å². The van der Waals surface area contributed by atoms with Crippen LogP contribution in [0.15, 0.2) is 0 Å². The predicted molar refractivity (Wildman–Crippen MR) is 63.2 cm³/mol. The molecule has 2 heterocycles. The van der Waals surface area contributed by atoms with Gasteiger partial charge in [0.25, 0.3) is 0 Å². The number of alkyl halides is 3. The summed E-state index contributed by atoms with van der Waals surface area (Å²) >= 11 is 0. The molecule has 1 aromatic heterocycles. The summed E-state index contributed by atoms with van der Waals surface area (Å²) in [6.07, 6.45) is -3.63. The fraction of sp³-hybridized carbons (Fsp3) is 0.818. The third-order valence-corrected chi connectivity index (χ3v) is 3.37. The maximum atomic E-state index is 12.7. The van der Waals surface area contributed by atoms with E-state index >= 15 is 0 Å². The van der Waals surface area contributed by atoms with Gasteiger partial charge in [-0.15, -0.1) is 10.2 Å². The molecule has 2 atom stereocenters. The molecule has 5 nitrogen and oxygen atoms in total. The van der Waals surface area contributed by atoms with Gasteiger partial charge in [-0.1, -0.05) is 0 Å². The monoisotopic (exact) mass is 277 g/mol. The second kappa shape index (κ2) is 5.09. The quantitative estimate of drug-likeness (QED) is 0.903. The van der Waals surface area contributed by atoms with Crippen molar-refractivity contribution in [3.05, 3.63) is 11.6 Å². The van der Waals surface area contributed by atoms with Gasteiger partial charge in [0.05, 0.1) is 6.54 Å². The van der Waals surface area contributed by atoms with Crippen molar-refractivity contribution in [1.82, 2.24) is 19.7 Å². The number of aromatic nitrogens is 3. The van der Waals surface area contributed by atoms with Crippen molar-refractivity contribution in [1.29, 1.82) is 0 Å². The van der Waals surface area contributed by atoms with Gasteiger partial charge in [0.2, 0.25) is 5.82 Å². The van der Waals surface area contributed by atoms with Crippen molar-refractivity contribution in [3.8, 4) is 0 Å². The van der Waals surface area contributed by atoms with Crippen LogP contribution in [0.1, 0.15) is 31.9 Å². The molecule has 0 saturated carbocycles. The lowest BCUT2D eigenvalue weighted by Crippen LogP contribution is -2.42. The third kappa shape index (κ3) is 3.06. The zero-order chi connectivity index (χ0) is 14.2. The van der Waals surface area contributed by atoms with Crippen LogP contribution in [-0.4, -0.2) is 38.3 Å². The molecule has 2 rings (SSSR count). The zero-order valence-corrected chi connectivity index (χ0v) is 11.0. The van der Waals surface area contributed by atoms with Gasteiger partial charge < -0.3 is 10.3 Å². The van der Waals surface area contributed by atoms with Crippen LogP contribution in [0.2, 0.25) is 0 Å². The van der Waals surface area contributed by atoms with E-state index in [4.69, 9.17) is 5.73 Å². The molecule has 0 amide bonds. The summed E-state index contributed by atoms with van der Waals surface area (Å²) in [5.74, 6) is -0.530. The van der Waals surface area contributed by atoms with Gasteiger partial charge in [-0.05, 0) is 20.3 Å². The van der Waals surface area contributed by atoms with E-state index in [0.717, 1.165) is 11.0 Å². The highest BCUT2D eigenvalue weighted by Crippen LogP contribution is 2.29. The highest BCUT2D eigenvalue weighted by molar-refractivity contribution is 5.02. The molecule has 1 aromatic rings. The predicted octanol–water partition coefficient (Wildman–Crippen LogP) is 1.24. The van der Waals surface area contributed by atoms with Gasteiger partial charge in [0.15, 0.2) is 0 Å². The van der Waals surface area contributed by atoms with Gasteiger partial charge in [-0.2, -0.15) is 13.2 Å². The fourth-order valence-electron chi connectivity index (χ4n) is 2.45. The summed E-state index contributed by atoms with van der Waals surface area (Å²) in [4.78, 5) is 2.09. The normalized spacial score (nSPS) is 20.1. The van der Waals surface area contributed by atoms with Crippen LogP contribution in [0.3, 0.4) is 0 Å². The van der Waals surface area contributed by atoms with Crippen LogP contribution in [0.4, 0.5) is 13.2 Å². The van der Waals surface area contributed by atoms with E-state index in [1.54, 1.807) is 0 Å². The molecule has 1 aliphatic heterocycles. The Bertz CT molecular complexity index is 440. The molecular weight excluding hydrogens is 259 g/mol. The highest BCUT2D eigenvalue weighted by Gasteiger charge is 2.39. The van der Waals surface area contributed by atoms with Crippen molar-refractivity contribution in [2.24, 2.45) is 5.73 Å². The largest absolute Gasteiger partial charge is 0.451 e. The van der Waals surface area contributed by atoms with Crippen LogP contribution in [0, 0.1) is 0 Å². The lowest BCUT2D eigenvalue weighted by atomic mass is 10.1. The van der Waals surface area contributed by atoms with Crippen LogP contribution in [0.5, 0.6) is 0 Å². The molecule has 0 bridgehead atoms. The molecular formula is C11H18F3N5.